The summed E-state index contributed by atoms with van der Waals surface area (Å²) in [5, 5.41) is 0. The molecule has 0 aromatic rings. The molecule has 0 unspecified atom stereocenters. The van der Waals surface area contributed by atoms with Crippen LogP contribution in [0.2, 0.25) is 0 Å². The molecular weight excluding hydrogens is 186 g/mol. The van der Waals surface area contributed by atoms with Gasteiger partial charge in [0.25, 0.3) is 0 Å². The fraction of sp³-hybridized carbons (Fsp3) is 0.923. The summed E-state index contributed by atoms with van der Waals surface area (Å²) in [6.45, 7) is 9.68. The molecule has 0 radical (unpaired) electrons. The summed E-state index contributed by atoms with van der Waals surface area (Å²) >= 11 is 0. The van der Waals surface area contributed by atoms with Crippen molar-refractivity contribution in [2.75, 3.05) is 19.6 Å². The molecular formula is C13H25NO. The zero-order chi connectivity index (χ0) is 11.3. The normalized spacial score (nSPS) is 17.1. The van der Waals surface area contributed by atoms with E-state index < -0.39 is 0 Å². The highest BCUT2D eigenvalue weighted by molar-refractivity contribution is 5.59. The number of nitrogens with zero attached hydrogens (tertiary/aromatic N) is 1. The first-order chi connectivity index (χ1) is 7.19. The van der Waals surface area contributed by atoms with Crippen LogP contribution in [0.3, 0.4) is 0 Å². The van der Waals surface area contributed by atoms with Gasteiger partial charge in [0.2, 0.25) is 0 Å². The van der Waals surface area contributed by atoms with Crippen molar-refractivity contribution in [2.45, 2.75) is 46.5 Å². The molecule has 1 fully saturated rings. The predicted octanol–water partition coefficient (Wildman–Crippen LogP) is 2.72. The van der Waals surface area contributed by atoms with Crippen molar-refractivity contribution in [3.8, 4) is 0 Å². The first kappa shape index (κ1) is 12.7. The molecule has 0 aliphatic heterocycles. The second-order valence-electron chi connectivity index (χ2n) is 4.96. The SMILES string of the molecule is CCN(CC1CC1)CC(C=O)(CC)CC. The van der Waals surface area contributed by atoms with Gasteiger partial charge in [-0.15, -0.1) is 0 Å². The number of hydrogen-bond donors (Lipinski definition) is 0. The van der Waals surface area contributed by atoms with Crippen molar-refractivity contribution in [1.82, 2.24) is 4.90 Å². The molecule has 0 spiro atoms. The zero-order valence-electron chi connectivity index (χ0n) is 10.5. The summed E-state index contributed by atoms with van der Waals surface area (Å²) in [7, 11) is 0. The molecule has 0 aromatic heterocycles. The average molecular weight is 211 g/mol. The van der Waals surface area contributed by atoms with Crippen LogP contribution >= 0.6 is 0 Å². The quantitative estimate of drug-likeness (QED) is 0.575. The minimum Gasteiger partial charge on any atom is -0.303 e. The Hall–Kier alpha value is -0.370. The molecule has 1 aliphatic carbocycles. The van der Waals surface area contributed by atoms with E-state index in [-0.39, 0.29) is 5.41 Å². The van der Waals surface area contributed by atoms with Crippen molar-refractivity contribution in [3.63, 3.8) is 0 Å². The summed E-state index contributed by atoms with van der Waals surface area (Å²) in [6, 6.07) is 0. The minimum absolute atomic E-state index is 0.0924. The van der Waals surface area contributed by atoms with Crippen LogP contribution in [0.1, 0.15) is 46.5 Å². The molecule has 1 aliphatic rings. The molecule has 2 heteroatoms. The number of carbonyl (C=O) groups is 1. The molecule has 1 saturated carbocycles. The van der Waals surface area contributed by atoms with Crippen molar-refractivity contribution < 1.29 is 4.79 Å². The molecule has 0 atom stereocenters. The van der Waals surface area contributed by atoms with Crippen LogP contribution in [0.15, 0.2) is 0 Å². The van der Waals surface area contributed by atoms with Gasteiger partial charge in [0.05, 0.1) is 0 Å². The molecule has 0 saturated heterocycles. The van der Waals surface area contributed by atoms with Crippen LogP contribution in [-0.4, -0.2) is 30.8 Å². The summed E-state index contributed by atoms with van der Waals surface area (Å²) < 4.78 is 0. The third-order valence-corrected chi connectivity index (χ3v) is 3.86. The van der Waals surface area contributed by atoms with E-state index in [1.54, 1.807) is 0 Å². The van der Waals surface area contributed by atoms with Gasteiger partial charge in [0.15, 0.2) is 0 Å². The maximum absolute atomic E-state index is 11.2. The standard InChI is InChI=1S/C13H25NO/c1-4-13(5-2,11-15)10-14(6-3)9-12-7-8-12/h11-12H,4-10H2,1-3H3. The zero-order valence-corrected chi connectivity index (χ0v) is 10.5. The fourth-order valence-electron chi connectivity index (χ4n) is 2.09. The highest BCUT2D eigenvalue weighted by atomic mass is 16.1. The molecule has 0 heterocycles. The lowest BCUT2D eigenvalue weighted by Crippen LogP contribution is -2.39. The van der Waals surface area contributed by atoms with Crippen LogP contribution < -0.4 is 0 Å². The minimum atomic E-state index is -0.0924. The van der Waals surface area contributed by atoms with E-state index >= 15 is 0 Å². The molecule has 88 valence electrons. The molecule has 1 rings (SSSR count). The second-order valence-corrected chi connectivity index (χ2v) is 4.96. The van der Waals surface area contributed by atoms with Crippen LogP contribution in [0.5, 0.6) is 0 Å². The van der Waals surface area contributed by atoms with Gasteiger partial charge in [0.1, 0.15) is 6.29 Å². The number of carbonyl (C=O) groups excluding carboxylic acids is 1. The highest BCUT2D eigenvalue weighted by Crippen LogP contribution is 2.31. The summed E-state index contributed by atoms with van der Waals surface area (Å²) in [6.07, 6.45) is 5.90. The lowest BCUT2D eigenvalue weighted by Gasteiger charge is -2.32. The molecule has 0 aromatic carbocycles. The van der Waals surface area contributed by atoms with Crippen molar-refractivity contribution in [3.05, 3.63) is 0 Å². The Morgan fingerprint density at radius 3 is 2.20 bits per heavy atom. The van der Waals surface area contributed by atoms with Crippen LogP contribution in [-0.2, 0) is 4.79 Å². The average Bonchev–Trinajstić information content (AvgIpc) is 3.08. The maximum Gasteiger partial charge on any atom is 0.127 e. The Morgan fingerprint density at radius 1 is 1.27 bits per heavy atom. The van der Waals surface area contributed by atoms with E-state index in [2.05, 4.69) is 25.7 Å². The Morgan fingerprint density at radius 2 is 1.87 bits per heavy atom. The van der Waals surface area contributed by atoms with E-state index in [9.17, 15) is 4.79 Å². The van der Waals surface area contributed by atoms with Gasteiger partial charge in [-0.05, 0) is 38.1 Å². The fourth-order valence-corrected chi connectivity index (χ4v) is 2.09. The number of rotatable bonds is 8. The van der Waals surface area contributed by atoms with Crippen molar-refractivity contribution >= 4 is 6.29 Å². The Balaban J connectivity index is 2.48. The van der Waals surface area contributed by atoms with Gasteiger partial charge in [-0.2, -0.15) is 0 Å². The molecule has 0 amide bonds. The van der Waals surface area contributed by atoms with Crippen LogP contribution in [0.25, 0.3) is 0 Å². The first-order valence-electron chi connectivity index (χ1n) is 6.38. The lowest BCUT2D eigenvalue weighted by atomic mass is 9.83. The van der Waals surface area contributed by atoms with E-state index in [1.807, 2.05) is 0 Å². The highest BCUT2D eigenvalue weighted by Gasteiger charge is 2.30. The Labute approximate surface area is 94.0 Å². The van der Waals surface area contributed by atoms with Gasteiger partial charge in [-0.25, -0.2) is 0 Å². The van der Waals surface area contributed by atoms with E-state index in [4.69, 9.17) is 0 Å². The topological polar surface area (TPSA) is 20.3 Å². The molecule has 2 nitrogen and oxygen atoms in total. The Bertz CT molecular complexity index is 195. The Kier molecular flexibility index (Phi) is 4.78. The van der Waals surface area contributed by atoms with Gasteiger partial charge in [-0.3, -0.25) is 0 Å². The molecule has 0 bridgehead atoms. The van der Waals surface area contributed by atoms with Gasteiger partial charge in [-0.1, -0.05) is 20.8 Å². The maximum atomic E-state index is 11.2. The van der Waals surface area contributed by atoms with Crippen LogP contribution in [0.4, 0.5) is 0 Å². The first-order valence-corrected chi connectivity index (χ1v) is 6.38. The smallest absolute Gasteiger partial charge is 0.127 e. The van der Waals surface area contributed by atoms with Gasteiger partial charge < -0.3 is 9.69 Å². The van der Waals surface area contributed by atoms with Gasteiger partial charge in [0, 0.05) is 18.5 Å². The third-order valence-electron chi connectivity index (χ3n) is 3.86. The summed E-state index contributed by atoms with van der Waals surface area (Å²) in [5.41, 5.74) is -0.0924. The monoisotopic (exact) mass is 211 g/mol. The number of aldehydes is 1. The van der Waals surface area contributed by atoms with Crippen molar-refractivity contribution in [2.24, 2.45) is 11.3 Å². The lowest BCUT2D eigenvalue weighted by molar-refractivity contribution is -0.117. The largest absolute Gasteiger partial charge is 0.303 e. The van der Waals surface area contributed by atoms with Gasteiger partial charge >= 0.3 is 0 Å². The van der Waals surface area contributed by atoms with Crippen molar-refractivity contribution in [1.29, 1.82) is 0 Å². The molecule has 0 N–H and O–H groups in total. The predicted molar refractivity (Wildman–Crippen MR) is 63.9 cm³/mol. The summed E-state index contributed by atoms with van der Waals surface area (Å²) in [4.78, 5) is 13.7. The van der Waals surface area contributed by atoms with Crippen LogP contribution in [0, 0.1) is 11.3 Å². The third kappa shape index (κ3) is 3.60. The second kappa shape index (κ2) is 5.64. The van der Waals surface area contributed by atoms with E-state index in [0.29, 0.717) is 0 Å². The number of hydrogen-bond acceptors (Lipinski definition) is 2. The van der Waals surface area contributed by atoms with E-state index in [1.165, 1.54) is 25.7 Å². The summed E-state index contributed by atoms with van der Waals surface area (Å²) in [5.74, 6) is 0.919. The van der Waals surface area contributed by atoms with E-state index in [0.717, 1.165) is 31.8 Å². The molecule has 15 heavy (non-hydrogen) atoms.